The van der Waals surface area contributed by atoms with E-state index < -0.39 is 0 Å². The van der Waals surface area contributed by atoms with Crippen molar-refractivity contribution in [2.45, 2.75) is 33.6 Å². The third-order valence-electron chi connectivity index (χ3n) is 2.09. The van der Waals surface area contributed by atoms with E-state index in [4.69, 9.17) is 4.74 Å². The summed E-state index contributed by atoms with van der Waals surface area (Å²) in [5, 5.41) is 3.27. The van der Waals surface area contributed by atoms with Crippen molar-refractivity contribution in [2.75, 3.05) is 25.1 Å². The third kappa shape index (κ3) is 5.07. The fraction of sp³-hybridized carbons (Fsp3) is 0.667. The van der Waals surface area contributed by atoms with Crippen LogP contribution in [0.1, 0.15) is 31.3 Å². The Bertz CT molecular complexity index is 295. The molecule has 90 valence electrons. The maximum Gasteiger partial charge on any atom is 0.129 e. The molecule has 1 aromatic heterocycles. The van der Waals surface area contributed by atoms with Gasteiger partial charge in [0.2, 0.25) is 0 Å². The number of hydrogen-bond acceptors (Lipinski definition) is 4. The molecule has 0 fully saturated rings. The number of ether oxygens (including phenoxy) is 1. The summed E-state index contributed by atoms with van der Waals surface area (Å²) in [6.07, 6.45) is 2.08. The number of rotatable bonds is 7. The highest BCUT2D eigenvalue weighted by Crippen LogP contribution is 2.05. The monoisotopic (exact) mass is 223 g/mol. The van der Waals surface area contributed by atoms with Crippen molar-refractivity contribution in [1.29, 1.82) is 0 Å². The van der Waals surface area contributed by atoms with Crippen LogP contribution >= 0.6 is 0 Å². The number of nitrogens with one attached hydrogen (secondary N) is 1. The van der Waals surface area contributed by atoms with Crippen LogP contribution in [0.5, 0.6) is 0 Å². The van der Waals surface area contributed by atoms with E-state index in [-0.39, 0.29) is 0 Å². The fourth-order valence-electron chi connectivity index (χ4n) is 1.44. The zero-order chi connectivity index (χ0) is 11.8. The molecule has 16 heavy (non-hydrogen) atoms. The first-order valence-corrected chi connectivity index (χ1v) is 5.86. The van der Waals surface area contributed by atoms with Gasteiger partial charge in [-0.15, -0.1) is 0 Å². The first-order valence-electron chi connectivity index (χ1n) is 5.86. The molecule has 0 saturated carbocycles. The molecule has 4 heteroatoms. The lowest BCUT2D eigenvalue weighted by molar-refractivity contribution is 0.134. The molecule has 1 heterocycles. The highest BCUT2D eigenvalue weighted by molar-refractivity contribution is 5.35. The van der Waals surface area contributed by atoms with Gasteiger partial charge in [-0.1, -0.05) is 6.92 Å². The van der Waals surface area contributed by atoms with Crippen LogP contribution in [0.25, 0.3) is 0 Å². The molecule has 1 rings (SSSR count). The molecule has 0 saturated heterocycles. The van der Waals surface area contributed by atoms with Gasteiger partial charge >= 0.3 is 0 Å². The van der Waals surface area contributed by atoms with Crippen molar-refractivity contribution in [3.8, 4) is 0 Å². The molecule has 1 N–H and O–H groups in total. The van der Waals surface area contributed by atoms with Gasteiger partial charge in [-0.05, 0) is 26.7 Å². The van der Waals surface area contributed by atoms with E-state index in [0.717, 1.165) is 49.9 Å². The normalized spacial score (nSPS) is 10.4. The first-order chi connectivity index (χ1) is 7.72. The third-order valence-corrected chi connectivity index (χ3v) is 2.09. The minimum Gasteiger partial charge on any atom is -0.381 e. The minimum absolute atomic E-state index is 0.809. The van der Waals surface area contributed by atoms with Crippen LogP contribution in [-0.2, 0) is 4.74 Å². The van der Waals surface area contributed by atoms with Crippen molar-refractivity contribution in [1.82, 2.24) is 9.97 Å². The molecule has 0 aliphatic rings. The molecular formula is C12H21N3O. The number of anilines is 1. The summed E-state index contributed by atoms with van der Waals surface area (Å²) in [7, 11) is 0. The molecule has 0 aliphatic carbocycles. The van der Waals surface area contributed by atoms with Crippen molar-refractivity contribution >= 4 is 5.82 Å². The SMILES string of the molecule is CCCOCCCNc1cc(C)nc(C)n1. The quantitative estimate of drug-likeness (QED) is 0.721. The lowest BCUT2D eigenvalue weighted by Gasteiger charge is -2.07. The van der Waals surface area contributed by atoms with Crippen LogP contribution in [0.3, 0.4) is 0 Å². The molecule has 4 nitrogen and oxygen atoms in total. The predicted molar refractivity (Wildman–Crippen MR) is 65.7 cm³/mol. The first kappa shape index (κ1) is 12.9. The Balaban J connectivity index is 2.21. The van der Waals surface area contributed by atoms with Crippen molar-refractivity contribution in [3.63, 3.8) is 0 Å². The van der Waals surface area contributed by atoms with E-state index in [0.29, 0.717) is 0 Å². The summed E-state index contributed by atoms with van der Waals surface area (Å²) in [6, 6.07) is 1.96. The fourth-order valence-corrected chi connectivity index (χ4v) is 1.44. The molecule has 0 atom stereocenters. The van der Waals surface area contributed by atoms with Crippen LogP contribution in [0.15, 0.2) is 6.07 Å². The number of aromatic nitrogens is 2. The zero-order valence-corrected chi connectivity index (χ0v) is 10.4. The molecule has 0 spiro atoms. The van der Waals surface area contributed by atoms with Gasteiger partial charge in [-0.3, -0.25) is 0 Å². The van der Waals surface area contributed by atoms with E-state index in [1.54, 1.807) is 0 Å². The largest absolute Gasteiger partial charge is 0.381 e. The summed E-state index contributed by atoms with van der Waals surface area (Å²) < 4.78 is 5.40. The second-order valence-electron chi connectivity index (χ2n) is 3.83. The molecule has 0 unspecified atom stereocenters. The Kier molecular flexibility index (Phi) is 5.78. The van der Waals surface area contributed by atoms with Crippen molar-refractivity contribution in [2.24, 2.45) is 0 Å². The smallest absolute Gasteiger partial charge is 0.129 e. The maximum atomic E-state index is 5.40. The summed E-state index contributed by atoms with van der Waals surface area (Å²) in [6.45, 7) is 8.55. The summed E-state index contributed by atoms with van der Waals surface area (Å²) >= 11 is 0. The van der Waals surface area contributed by atoms with E-state index in [1.807, 2.05) is 19.9 Å². The molecule has 0 aliphatic heterocycles. The van der Waals surface area contributed by atoms with E-state index >= 15 is 0 Å². The van der Waals surface area contributed by atoms with E-state index in [2.05, 4.69) is 22.2 Å². The standard InChI is InChI=1S/C12H21N3O/c1-4-7-16-8-5-6-13-12-9-10(2)14-11(3)15-12/h9H,4-8H2,1-3H3,(H,13,14,15). The summed E-state index contributed by atoms with van der Waals surface area (Å²) in [4.78, 5) is 8.53. The summed E-state index contributed by atoms with van der Waals surface area (Å²) in [5.41, 5.74) is 0.997. The molecule has 0 bridgehead atoms. The summed E-state index contributed by atoms with van der Waals surface area (Å²) in [5.74, 6) is 1.71. The van der Waals surface area contributed by atoms with Gasteiger partial charge in [0.25, 0.3) is 0 Å². The minimum atomic E-state index is 0.809. The molecule has 1 aromatic rings. The number of nitrogens with zero attached hydrogens (tertiary/aromatic N) is 2. The average molecular weight is 223 g/mol. The molecule has 0 radical (unpaired) electrons. The average Bonchev–Trinajstić information content (AvgIpc) is 2.22. The van der Waals surface area contributed by atoms with Crippen LogP contribution in [0.2, 0.25) is 0 Å². The number of aryl methyl sites for hydroxylation is 2. The van der Waals surface area contributed by atoms with Crippen LogP contribution < -0.4 is 5.32 Å². The highest BCUT2D eigenvalue weighted by Gasteiger charge is 1.97. The Morgan fingerprint density at radius 3 is 2.75 bits per heavy atom. The van der Waals surface area contributed by atoms with Gasteiger partial charge in [0.05, 0.1) is 0 Å². The van der Waals surface area contributed by atoms with Crippen molar-refractivity contribution in [3.05, 3.63) is 17.6 Å². The van der Waals surface area contributed by atoms with E-state index in [9.17, 15) is 0 Å². The Hall–Kier alpha value is -1.16. The van der Waals surface area contributed by atoms with Crippen LogP contribution in [0.4, 0.5) is 5.82 Å². The van der Waals surface area contributed by atoms with Crippen LogP contribution in [-0.4, -0.2) is 29.7 Å². The predicted octanol–water partition coefficient (Wildman–Crippen LogP) is 2.32. The highest BCUT2D eigenvalue weighted by atomic mass is 16.5. The van der Waals surface area contributed by atoms with Gasteiger partial charge in [-0.2, -0.15) is 0 Å². The second-order valence-corrected chi connectivity index (χ2v) is 3.83. The van der Waals surface area contributed by atoms with Gasteiger partial charge in [0.1, 0.15) is 11.6 Å². The second kappa shape index (κ2) is 7.17. The Morgan fingerprint density at radius 1 is 1.25 bits per heavy atom. The van der Waals surface area contributed by atoms with Crippen molar-refractivity contribution < 1.29 is 4.74 Å². The van der Waals surface area contributed by atoms with Gasteiger partial charge in [0.15, 0.2) is 0 Å². The molecule has 0 aromatic carbocycles. The zero-order valence-electron chi connectivity index (χ0n) is 10.4. The lowest BCUT2D eigenvalue weighted by atomic mass is 10.4. The van der Waals surface area contributed by atoms with Gasteiger partial charge in [0, 0.05) is 31.5 Å². The Morgan fingerprint density at radius 2 is 2.06 bits per heavy atom. The Labute approximate surface area is 97.5 Å². The van der Waals surface area contributed by atoms with E-state index in [1.165, 1.54) is 0 Å². The molecular weight excluding hydrogens is 202 g/mol. The van der Waals surface area contributed by atoms with Gasteiger partial charge in [-0.25, -0.2) is 9.97 Å². The maximum absolute atomic E-state index is 5.40. The van der Waals surface area contributed by atoms with Gasteiger partial charge < -0.3 is 10.1 Å². The molecule has 0 amide bonds. The topological polar surface area (TPSA) is 47.0 Å². The van der Waals surface area contributed by atoms with Crippen LogP contribution in [0, 0.1) is 13.8 Å². The lowest BCUT2D eigenvalue weighted by Crippen LogP contribution is -2.08. The number of hydrogen-bond donors (Lipinski definition) is 1.